The van der Waals surface area contributed by atoms with Crippen LogP contribution < -0.4 is 5.32 Å². The molecule has 0 spiro atoms. The smallest absolute Gasteiger partial charge is 0.0453 e. The van der Waals surface area contributed by atoms with Crippen LogP contribution in [0.1, 0.15) is 37.1 Å². The van der Waals surface area contributed by atoms with Gasteiger partial charge < -0.3 is 5.32 Å². The number of nitrogens with one attached hydrogen (secondary N) is 1. The molecule has 2 nitrogen and oxygen atoms in total. The van der Waals surface area contributed by atoms with E-state index >= 15 is 0 Å². The molecule has 96 valence electrons. The highest BCUT2D eigenvalue weighted by Gasteiger charge is 2.24. The van der Waals surface area contributed by atoms with Gasteiger partial charge in [-0.2, -0.15) is 0 Å². The van der Waals surface area contributed by atoms with E-state index in [-0.39, 0.29) is 0 Å². The zero-order chi connectivity index (χ0) is 12.1. The molecule has 0 radical (unpaired) electrons. The standard InChI is InChI=1S/C13H21BrN2S/c1-2-3-4-12(13-11(14)5-10-17-13)16-8-6-15-7-9-16/h5,10,12,15H,2-4,6-9H2,1H3/t12-/m0/s1. The highest BCUT2D eigenvalue weighted by Crippen LogP contribution is 2.35. The average molecular weight is 317 g/mol. The Bertz CT molecular complexity index is 334. The normalized spacial score (nSPS) is 19.4. The second-order valence-electron chi connectivity index (χ2n) is 4.58. The van der Waals surface area contributed by atoms with Gasteiger partial charge in [-0.25, -0.2) is 0 Å². The largest absolute Gasteiger partial charge is 0.314 e. The molecule has 2 heterocycles. The lowest BCUT2D eigenvalue weighted by Gasteiger charge is -2.34. The molecule has 1 saturated heterocycles. The number of hydrogen-bond donors (Lipinski definition) is 1. The van der Waals surface area contributed by atoms with Gasteiger partial charge in [-0.05, 0) is 33.8 Å². The number of nitrogens with zero attached hydrogens (tertiary/aromatic N) is 1. The first-order valence-electron chi connectivity index (χ1n) is 6.50. The van der Waals surface area contributed by atoms with E-state index in [1.54, 1.807) is 0 Å². The molecule has 0 aliphatic carbocycles. The third-order valence-corrected chi connectivity index (χ3v) is 5.34. The van der Waals surface area contributed by atoms with Crippen molar-refractivity contribution in [2.75, 3.05) is 26.2 Å². The number of unbranched alkanes of at least 4 members (excludes halogenated alkanes) is 1. The van der Waals surface area contributed by atoms with E-state index in [1.165, 1.54) is 41.7 Å². The second-order valence-corrected chi connectivity index (χ2v) is 6.38. The zero-order valence-electron chi connectivity index (χ0n) is 10.4. The van der Waals surface area contributed by atoms with Crippen molar-refractivity contribution in [1.82, 2.24) is 10.2 Å². The molecule has 0 aromatic carbocycles. The van der Waals surface area contributed by atoms with Gasteiger partial charge in [-0.3, -0.25) is 4.90 Å². The minimum atomic E-state index is 0.617. The average Bonchev–Trinajstić information content (AvgIpc) is 2.78. The third-order valence-electron chi connectivity index (χ3n) is 3.37. The molecule has 1 aromatic heterocycles. The third kappa shape index (κ3) is 3.53. The van der Waals surface area contributed by atoms with Crippen molar-refractivity contribution in [3.05, 3.63) is 20.8 Å². The second kappa shape index (κ2) is 6.88. The first-order valence-corrected chi connectivity index (χ1v) is 8.18. The molecule has 4 heteroatoms. The van der Waals surface area contributed by atoms with Gasteiger partial charge in [0.15, 0.2) is 0 Å². The minimum Gasteiger partial charge on any atom is -0.314 e. The van der Waals surface area contributed by atoms with Crippen LogP contribution >= 0.6 is 27.3 Å². The van der Waals surface area contributed by atoms with Gasteiger partial charge in [0.2, 0.25) is 0 Å². The highest BCUT2D eigenvalue weighted by molar-refractivity contribution is 9.10. The molecule has 1 atom stereocenters. The molecule has 0 amide bonds. The lowest BCUT2D eigenvalue weighted by molar-refractivity contribution is 0.165. The summed E-state index contributed by atoms with van der Waals surface area (Å²) in [5.74, 6) is 0. The van der Waals surface area contributed by atoms with Crippen LogP contribution in [0.5, 0.6) is 0 Å². The van der Waals surface area contributed by atoms with Crippen LogP contribution in [-0.4, -0.2) is 31.1 Å². The maximum absolute atomic E-state index is 3.69. The monoisotopic (exact) mass is 316 g/mol. The van der Waals surface area contributed by atoms with Gasteiger partial charge in [0.1, 0.15) is 0 Å². The summed E-state index contributed by atoms with van der Waals surface area (Å²) in [6.45, 7) is 6.90. The van der Waals surface area contributed by atoms with Crippen molar-refractivity contribution in [3.63, 3.8) is 0 Å². The number of hydrogen-bond acceptors (Lipinski definition) is 3. The molecule has 0 saturated carbocycles. The van der Waals surface area contributed by atoms with Crippen molar-refractivity contribution in [1.29, 1.82) is 0 Å². The summed E-state index contributed by atoms with van der Waals surface area (Å²) in [6.07, 6.45) is 3.89. The zero-order valence-corrected chi connectivity index (χ0v) is 12.8. The van der Waals surface area contributed by atoms with Crippen molar-refractivity contribution >= 4 is 27.3 Å². The fourth-order valence-electron chi connectivity index (χ4n) is 2.41. The van der Waals surface area contributed by atoms with Gasteiger partial charge in [0, 0.05) is 41.6 Å². The van der Waals surface area contributed by atoms with Crippen LogP contribution in [0.15, 0.2) is 15.9 Å². The van der Waals surface area contributed by atoms with E-state index in [1.807, 2.05) is 11.3 Å². The Morgan fingerprint density at radius 3 is 2.82 bits per heavy atom. The number of thiophene rings is 1. The van der Waals surface area contributed by atoms with Gasteiger partial charge in [0.05, 0.1) is 0 Å². The van der Waals surface area contributed by atoms with Gasteiger partial charge in [-0.15, -0.1) is 11.3 Å². The van der Waals surface area contributed by atoms with Crippen LogP contribution in [0.2, 0.25) is 0 Å². The molecule has 1 N–H and O–H groups in total. The molecule has 0 bridgehead atoms. The van der Waals surface area contributed by atoms with Crippen molar-refractivity contribution in [2.24, 2.45) is 0 Å². The Hall–Kier alpha value is 0.1000. The van der Waals surface area contributed by atoms with E-state index in [9.17, 15) is 0 Å². The summed E-state index contributed by atoms with van der Waals surface area (Å²) in [5, 5.41) is 5.63. The summed E-state index contributed by atoms with van der Waals surface area (Å²) in [4.78, 5) is 4.16. The van der Waals surface area contributed by atoms with E-state index in [4.69, 9.17) is 0 Å². The fraction of sp³-hybridized carbons (Fsp3) is 0.692. The Labute approximate surface area is 117 Å². The highest BCUT2D eigenvalue weighted by atomic mass is 79.9. The first-order chi connectivity index (χ1) is 8.33. The van der Waals surface area contributed by atoms with Crippen LogP contribution in [0.3, 0.4) is 0 Å². The molecule has 1 aromatic rings. The Morgan fingerprint density at radius 1 is 1.47 bits per heavy atom. The van der Waals surface area contributed by atoms with Gasteiger partial charge in [0.25, 0.3) is 0 Å². The number of halogens is 1. The summed E-state index contributed by atoms with van der Waals surface area (Å²) >= 11 is 5.59. The fourth-order valence-corrected chi connectivity index (χ4v) is 4.22. The lowest BCUT2D eigenvalue weighted by Crippen LogP contribution is -2.45. The Balaban J connectivity index is 2.09. The van der Waals surface area contributed by atoms with Crippen molar-refractivity contribution < 1.29 is 0 Å². The SMILES string of the molecule is CCCC[C@@H](c1sccc1Br)N1CCNCC1. The van der Waals surface area contributed by atoms with Crippen molar-refractivity contribution in [2.45, 2.75) is 32.2 Å². The maximum atomic E-state index is 3.69. The van der Waals surface area contributed by atoms with Crippen LogP contribution in [0, 0.1) is 0 Å². The lowest BCUT2D eigenvalue weighted by atomic mass is 10.1. The summed E-state index contributed by atoms with van der Waals surface area (Å²) < 4.78 is 1.29. The molecular weight excluding hydrogens is 296 g/mol. The van der Waals surface area contributed by atoms with Crippen LogP contribution in [-0.2, 0) is 0 Å². The van der Waals surface area contributed by atoms with Gasteiger partial charge >= 0.3 is 0 Å². The van der Waals surface area contributed by atoms with Crippen molar-refractivity contribution in [3.8, 4) is 0 Å². The molecule has 17 heavy (non-hydrogen) atoms. The molecule has 2 rings (SSSR count). The molecule has 1 fully saturated rings. The Kier molecular flexibility index (Phi) is 5.48. The van der Waals surface area contributed by atoms with Gasteiger partial charge in [-0.1, -0.05) is 19.8 Å². The summed E-state index contributed by atoms with van der Waals surface area (Å²) in [7, 11) is 0. The maximum Gasteiger partial charge on any atom is 0.0453 e. The van der Waals surface area contributed by atoms with E-state index < -0.39 is 0 Å². The number of piperazine rings is 1. The van der Waals surface area contributed by atoms with E-state index in [0.717, 1.165) is 13.1 Å². The Morgan fingerprint density at radius 2 is 2.24 bits per heavy atom. The predicted molar refractivity (Wildman–Crippen MR) is 78.7 cm³/mol. The summed E-state index contributed by atoms with van der Waals surface area (Å²) in [5.41, 5.74) is 0. The molecular formula is C13H21BrN2S. The van der Waals surface area contributed by atoms with E-state index in [0.29, 0.717) is 6.04 Å². The molecule has 1 aliphatic heterocycles. The number of rotatable bonds is 5. The van der Waals surface area contributed by atoms with Crippen LogP contribution in [0.4, 0.5) is 0 Å². The first kappa shape index (κ1) is 13.5. The van der Waals surface area contributed by atoms with Crippen LogP contribution in [0.25, 0.3) is 0 Å². The van der Waals surface area contributed by atoms with E-state index in [2.05, 4.69) is 44.5 Å². The molecule has 0 unspecified atom stereocenters. The summed E-state index contributed by atoms with van der Waals surface area (Å²) in [6, 6.07) is 2.80. The quantitative estimate of drug-likeness (QED) is 0.892. The predicted octanol–water partition coefficient (Wildman–Crippen LogP) is 3.65. The minimum absolute atomic E-state index is 0.617. The molecule has 1 aliphatic rings. The topological polar surface area (TPSA) is 15.3 Å².